The third kappa shape index (κ3) is 6.83. The van der Waals surface area contributed by atoms with Crippen molar-refractivity contribution in [2.45, 2.75) is 44.3 Å². The molecule has 1 fully saturated rings. The third-order valence-corrected chi connectivity index (χ3v) is 5.15. The van der Waals surface area contributed by atoms with Crippen LogP contribution >= 0.6 is 0 Å². The molecular formula is C20H29F3N4O2. The van der Waals surface area contributed by atoms with Crippen molar-refractivity contribution in [2.24, 2.45) is 4.99 Å². The van der Waals surface area contributed by atoms with Crippen molar-refractivity contribution in [3.63, 3.8) is 0 Å². The van der Waals surface area contributed by atoms with Gasteiger partial charge in [0.25, 0.3) is 0 Å². The molecule has 0 spiro atoms. The Bertz CT molecular complexity index is 701. The second-order valence-corrected chi connectivity index (χ2v) is 7.19. The first kappa shape index (κ1) is 22.8. The Morgan fingerprint density at radius 2 is 2.03 bits per heavy atom. The van der Waals surface area contributed by atoms with Gasteiger partial charge in [-0.25, -0.2) is 4.79 Å². The molecule has 0 aromatic heterocycles. The van der Waals surface area contributed by atoms with Crippen LogP contribution in [0.4, 0.5) is 18.0 Å². The molecule has 6 nitrogen and oxygen atoms in total. The number of rotatable bonds is 5. The summed E-state index contributed by atoms with van der Waals surface area (Å²) in [7, 11) is 3.05. The molecule has 2 N–H and O–H groups in total. The fraction of sp³-hybridized carbons (Fsp3) is 0.600. The zero-order chi connectivity index (χ0) is 21.4. The van der Waals surface area contributed by atoms with Gasteiger partial charge in [0.05, 0.1) is 12.7 Å². The van der Waals surface area contributed by atoms with Crippen LogP contribution in [0.15, 0.2) is 29.3 Å². The van der Waals surface area contributed by atoms with Crippen LogP contribution < -0.4 is 10.6 Å². The number of hydrogen-bond acceptors (Lipinski definition) is 3. The van der Waals surface area contributed by atoms with E-state index in [0.29, 0.717) is 37.6 Å². The molecule has 1 atom stereocenters. The van der Waals surface area contributed by atoms with Gasteiger partial charge >= 0.3 is 12.3 Å². The highest BCUT2D eigenvalue weighted by Gasteiger charge is 2.30. The van der Waals surface area contributed by atoms with Crippen LogP contribution in [0.25, 0.3) is 0 Å². The minimum Gasteiger partial charge on any atom is -0.453 e. The van der Waals surface area contributed by atoms with Crippen LogP contribution in [-0.4, -0.2) is 56.8 Å². The second kappa shape index (κ2) is 10.4. The maximum atomic E-state index is 12.9. The summed E-state index contributed by atoms with van der Waals surface area (Å²) in [4.78, 5) is 17.4. The molecule has 162 valence electrons. The van der Waals surface area contributed by atoms with Crippen LogP contribution in [0.1, 0.15) is 43.2 Å². The molecule has 0 radical (unpaired) electrons. The van der Waals surface area contributed by atoms with Crippen molar-refractivity contribution >= 4 is 12.1 Å². The first-order valence-electron chi connectivity index (χ1n) is 9.71. The Kier molecular flexibility index (Phi) is 8.16. The van der Waals surface area contributed by atoms with Crippen molar-refractivity contribution in [1.82, 2.24) is 15.5 Å². The molecule has 1 unspecified atom stereocenters. The number of aliphatic imine (C=N–C) groups is 1. The predicted octanol–water partition coefficient (Wildman–Crippen LogP) is 3.59. The highest BCUT2D eigenvalue weighted by molar-refractivity contribution is 5.80. The van der Waals surface area contributed by atoms with Gasteiger partial charge in [0.2, 0.25) is 0 Å². The van der Waals surface area contributed by atoms with Gasteiger partial charge in [0, 0.05) is 32.7 Å². The summed E-state index contributed by atoms with van der Waals surface area (Å²) in [6.07, 6.45) is -2.39. The summed E-state index contributed by atoms with van der Waals surface area (Å²) in [5.74, 6) is 0.629. The zero-order valence-electron chi connectivity index (χ0n) is 17.1. The Morgan fingerprint density at radius 1 is 1.34 bits per heavy atom. The number of methoxy groups -OCH3 is 1. The molecule has 1 aliphatic rings. The number of piperidine rings is 1. The average Bonchev–Trinajstić information content (AvgIpc) is 2.72. The summed E-state index contributed by atoms with van der Waals surface area (Å²) in [5.41, 5.74) is 0.0466. The molecule has 1 saturated heterocycles. The first-order chi connectivity index (χ1) is 13.7. The highest BCUT2D eigenvalue weighted by Crippen LogP contribution is 2.31. The van der Waals surface area contributed by atoms with E-state index < -0.39 is 11.7 Å². The summed E-state index contributed by atoms with van der Waals surface area (Å²) in [6.45, 7) is 3.73. The minimum absolute atomic E-state index is 0.0220. The molecule has 2 rings (SSSR count). The average molecular weight is 414 g/mol. The maximum absolute atomic E-state index is 12.9. The second-order valence-electron chi connectivity index (χ2n) is 7.19. The number of benzene rings is 1. The third-order valence-electron chi connectivity index (χ3n) is 5.15. The molecule has 1 heterocycles. The summed E-state index contributed by atoms with van der Waals surface area (Å²) in [5, 5.41) is 6.56. The van der Waals surface area contributed by atoms with Gasteiger partial charge in [-0.1, -0.05) is 25.1 Å². The van der Waals surface area contributed by atoms with Gasteiger partial charge in [-0.3, -0.25) is 4.99 Å². The fourth-order valence-corrected chi connectivity index (χ4v) is 3.32. The largest absolute Gasteiger partial charge is 0.453 e. The first-order valence-corrected chi connectivity index (χ1v) is 9.71. The standard InChI is InChI=1S/C20H29F3N4O2/c1-14(15-5-4-6-16(13-15)20(21,22)23)7-10-25-18(24-2)26-17-8-11-27(12-9-17)19(28)29-3/h4-6,13-14,17H,7-12H2,1-3H3,(H2,24,25,26). The molecule has 1 aromatic carbocycles. The number of carbonyl (C=O) groups is 1. The van der Waals surface area contributed by atoms with Crippen LogP contribution in [-0.2, 0) is 10.9 Å². The topological polar surface area (TPSA) is 66.0 Å². The van der Waals surface area contributed by atoms with E-state index in [4.69, 9.17) is 4.74 Å². The van der Waals surface area contributed by atoms with Crippen LogP contribution in [0.3, 0.4) is 0 Å². The van der Waals surface area contributed by atoms with Gasteiger partial charge in [0.1, 0.15) is 0 Å². The fourth-order valence-electron chi connectivity index (χ4n) is 3.32. The van der Waals surface area contributed by atoms with E-state index in [1.54, 1.807) is 18.0 Å². The van der Waals surface area contributed by atoms with E-state index in [9.17, 15) is 18.0 Å². The van der Waals surface area contributed by atoms with Crippen molar-refractivity contribution in [3.8, 4) is 0 Å². The minimum atomic E-state index is -4.33. The number of hydrogen-bond donors (Lipinski definition) is 2. The number of nitrogens with one attached hydrogen (secondary N) is 2. The number of amides is 1. The predicted molar refractivity (Wildman–Crippen MR) is 106 cm³/mol. The Balaban J connectivity index is 1.78. The van der Waals surface area contributed by atoms with Crippen LogP contribution in [0.2, 0.25) is 0 Å². The lowest BCUT2D eigenvalue weighted by Gasteiger charge is -2.32. The lowest BCUT2D eigenvalue weighted by molar-refractivity contribution is -0.137. The molecule has 0 aliphatic carbocycles. The van der Waals surface area contributed by atoms with Gasteiger partial charge < -0.3 is 20.3 Å². The van der Waals surface area contributed by atoms with E-state index in [1.165, 1.54) is 19.2 Å². The van der Waals surface area contributed by atoms with E-state index in [1.807, 2.05) is 6.92 Å². The quantitative estimate of drug-likeness (QED) is 0.571. The zero-order valence-corrected chi connectivity index (χ0v) is 17.1. The number of halogens is 3. The normalized spacial score (nSPS) is 17.0. The number of nitrogens with zero attached hydrogens (tertiary/aromatic N) is 2. The molecule has 0 saturated carbocycles. The summed E-state index contributed by atoms with van der Waals surface area (Å²) in [6, 6.07) is 5.67. The number of carbonyl (C=O) groups excluding carboxylic acids is 1. The van der Waals surface area contributed by atoms with E-state index in [-0.39, 0.29) is 18.1 Å². The molecule has 1 aliphatic heterocycles. The monoisotopic (exact) mass is 414 g/mol. The van der Waals surface area contributed by atoms with Crippen molar-refractivity contribution in [3.05, 3.63) is 35.4 Å². The van der Waals surface area contributed by atoms with Gasteiger partial charge in [0.15, 0.2) is 5.96 Å². The van der Waals surface area contributed by atoms with E-state index >= 15 is 0 Å². The van der Waals surface area contributed by atoms with E-state index in [0.717, 1.165) is 18.9 Å². The lowest BCUT2D eigenvalue weighted by atomic mass is 9.96. The maximum Gasteiger partial charge on any atom is 0.416 e. The van der Waals surface area contributed by atoms with Gasteiger partial charge in [-0.05, 0) is 36.8 Å². The molecule has 1 amide bonds. The molecule has 1 aromatic rings. The van der Waals surface area contributed by atoms with Crippen molar-refractivity contribution < 1.29 is 22.7 Å². The molecular weight excluding hydrogens is 385 g/mol. The number of guanidine groups is 1. The van der Waals surface area contributed by atoms with Crippen molar-refractivity contribution in [2.75, 3.05) is 33.8 Å². The Hall–Kier alpha value is -2.45. The van der Waals surface area contributed by atoms with E-state index in [2.05, 4.69) is 15.6 Å². The molecule has 29 heavy (non-hydrogen) atoms. The molecule has 9 heteroatoms. The number of likely N-dealkylation sites (tertiary alicyclic amines) is 1. The number of ether oxygens (including phenoxy) is 1. The smallest absolute Gasteiger partial charge is 0.416 e. The summed E-state index contributed by atoms with van der Waals surface area (Å²) < 4.78 is 43.4. The Labute approximate surface area is 169 Å². The van der Waals surface area contributed by atoms with Crippen LogP contribution in [0, 0.1) is 0 Å². The lowest BCUT2D eigenvalue weighted by Crippen LogP contribution is -2.49. The SMILES string of the molecule is CN=C(NCCC(C)c1cccc(C(F)(F)F)c1)NC1CCN(C(=O)OC)CC1. The highest BCUT2D eigenvalue weighted by atomic mass is 19.4. The van der Waals surface area contributed by atoms with Crippen LogP contribution in [0.5, 0.6) is 0 Å². The van der Waals surface area contributed by atoms with Gasteiger partial charge in [-0.15, -0.1) is 0 Å². The summed E-state index contributed by atoms with van der Waals surface area (Å²) >= 11 is 0. The molecule has 0 bridgehead atoms. The Morgan fingerprint density at radius 3 is 2.62 bits per heavy atom. The van der Waals surface area contributed by atoms with Gasteiger partial charge in [-0.2, -0.15) is 13.2 Å². The number of alkyl halides is 3. The van der Waals surface area contributed by atoms with Crippen molar-refractivity contribution in [1.29, 1.82) is 0 Å².